The third-order valence-electron chi connectivity index (χ3n) is 3.33. The molecular weight excluding hydrogens is 247 g/mol. The van der Waals surface area contributed by atoms with Crippen molar-refractivity contribution in [1.82, 2.24) is 9.80 Å². The lowest BCUT2D eigenvalue weighted by atomic mass is 10.1. The Morgan fingerprint density at radius 3 is 2.84 bits per heavy atom. The number of nitrogens with zero attached hydrogens (tertiary/aromatic N) is 2. The van der Waals surface area contributed by atoms with E-state index in [0.29, 0.717) is 25.9 Å². The summed E-state index contributed by atoms with van der Waals surface area (Å²) in [6.07, 6.45) is 0.803. The van der Waals surface area contributed by atoms with Gasteiger partial charge in [-0.15, -0.1) is 0 Å². The molecule has 1 heterocycles. The summed E-state index contributed by atoms with van der Waals surface area (Å²) in [5, 5.41) is 0. The van der Waals surface area contributed by atoms with E-state index in [1.165, 1.54) is 12.1 Å². The van der Waals surface area contributed by atoms with Gasteiger partial charge in [0, 0.05) is 26.6 Å². The van der Waals surface area contributed by atoms with Crippen LogP contribution < -0.4 is 0 Å². The zero-order chi connectivity index (χ0) is 13.8. The van der Waals surface area contributed by atoms with Crippen LogP contribution in [-0.2, 0) is 16.0 Å². The molecule has 0 N–H and O–H groups in total. The van der Waals surface area contributed by atoms with Crippen molar-refractivity contribution in [3.63, 3.8) is 0 Å². The van der Waals surface area contributed by atoms with Crippen LogP contribution in [0.3, 0.4) is 0 Å². The Morgan fingerprint density at radius 2 is 2.16 bits per heavy atom. The summed E-state index contributed by atoms with van der Waals surface area (Å²) in [5.74, 6) is -0.379. The van der Waals surface area contributed by atoms with Crippen LogP contribution in [0.25, 0.3) is 0 Å². The van der Waals surface area contributed by atoms with Crippen molar-refractivity contribution in [2.75, 3.05) is 26.7 Å². The third-order valence-corrected chi connectivity index (χ3v) is 3.33. The average molecular weight is 264 g/mol. The zero-order valence-electron chi connectivity index (χ0n) is 10.9. The number of hydrogen-bond acceptors (Lipinski definition) is 2. The van der Waals surface area contributed by atoms with E-state index in [0.717, 1.165) is 5.56 Å². The van der Waals surface area contributed by atoms with E-state index < -0.39 is 0 Å². The smallest absolute Gasteiger partial charge is 0.241 e. The van der Waals surface area contributed by atoms with Gasteiger partial charge in [0.05, 0.1) is 6.54 Å². The van der Waals surface area contributed by atoms with Crippen molar-refractivity contribution < 1.29 is 14.0 Å². The van der Waals surface area contributed by atoms with Gasteiger partial charge in [0.1, 0.15) is 5.82 Å². The molecule has 102 valence electrons. The van der Waals surface area contributed by atoms with E-state index in [1.807, 2.05) is 0 Å². The van der Waals surface area contributed by atoms with Crippen molar-refractivity contribution in [2.24, 2.45) is 0 Å². The largest absolute Gasteiger partial charge is 0.342 e. The first kappa shape index (κ1) is 13.5. The molecule has 1 aliphatic heterocycles. The van der Waals surface area contributed by atoms with Gasteiger partial charge in [0.15, 0.2) is 0 Å². The molecule has 0 spiro atoms. The molecule has 1 saturated heterocycles. The maximum Gasteiger partial charge on any atom is 0.241 e. The highest BCUT2D eigenvalue weighted by atomic mass is 19.1. The van der Waals surface area contributed by atoms with Crippen LogP contribution in [0.5, 0.6) is 0 Å². The molecule has 1 aromatic carbocycles. The minimum Gasteiger partial charge on any atom is -0.342 e. The van der Waals surface area contributed by atoms with Crippen molar-refractivity contribution in [2.45, 2.75) is 12.8 Å². The normalized spacial score (nSPS) is 15.8. The maximum atomic E-state index is 13.0. The highest BCUT2D eigenvalue weighted by molar-refractivity contribution is 5.85. The van der Waals surface area contributed by atoms with Crippen molar-refractivity contribution >= 4 is 11.8 Å². The molecule has 1 fully saturated rings. The van der Waals surface area contributed by atoms with Gasteiger partial charge in [-0.2, -0.15) is 0 Å². The standard InChI is InChI=1S/C14H17FN2O2/c1-16-7-8-17(10-14(16)19)13(18)6-5-11-3-2-4-12(15)9-11/h2-4,9H,5-8,10H2,1H3. The monoisotopic (exact) mass is 264 g/mol. The molecule has 1 aliphatic rings. The summed E-state index contributed by atoms with van der Waals surface area (Å²) in [6.45, 7) is 1.30. The van der Waals surface area contributed by atoms with Gasteiger partial charge in [0.2, 0.25) is 11.8 Å². The van der Waals surface area contributed by atoms with Crippen LogP contribution >= 0.6 is 0 Å². The van der Waals surface area contributed by atoms with Crippen molar-refractivity contribution in [3.05, 3.63) is 35.6 Å². The summed E-state index contributed by atoms with van der Waals surface area (Å²) in [6, 6.07) is 6.24. The van der Waals surface area contributed by atoms with Gasteiger partial charge < -0.3 is 9.80 Å². The molecule has 0 saturated carbocycles. The summed E-state index contributed by atoms with van der Waals surface area (Å²) in [7, 11) is 1.73. The van der Waals surface area contributed by atoms with Crippen molar-refractivity contribution in [3.8, 4) is 0 Å². The Morgan fingerprint density at radius 1 is 1.37 bits per heavy atom. The number of amides is 2. The Hall–Kier alpha value is -1.91. The minimum absolute atomic E-state index is 0.0367. The highest BCUT2D eigenvalue weighted by Gasteiger charge is 2.24. The number of hydrogen-bond donors (Lipinski definition) is 0. The molecule has 0 aliphatic carbocycles. The van der Waals surface area contributed by atoms with Crippen LogP contribution in [0, 0.1) is 5.82 Å². The van der Waals surface area contributed by atoms with Gasteiger partial charge in [-0.25, -0.2) is 4.39 Å². The lowest BCUT2D eigenvalue weighted by Gasteiger charge is -2.32. The van der Waals surface area contributed by atoms with Crippen LogP contribution in [0.2, 0.25) is 0 Å². The van der Waals surface area contributed by atoms with Crippen LogP contribution in [0.4, 0.5) is 4.39 Å². The molecule has 4 nitrogen and oxygen atoms in total. The molecule has 1 aromatic rings. The molecule has 0 bridgehead atoms. The topological polar surface area (TPSA) is 40.6 Å². The van der Waals surface area contributed by atoms with Crippen LogP contribution in [-0.4, -0.2) is 48.3 Å². The predicted molar refractivity (Wildman–Crippen MR) is 68.9 cm³/mol. The number of benzene rings is 1. The second kappa shape index (κ2) is 5.82. The molecular formula is C14H17FN2O2. The number of carbonyl (C=O) groups is 2. The third kappa shape index (κ3) is 3.53. The molecule has 19 heavy (non-hydrogen) atoms. The minimum atomic E-state index is -0.292. The second-order valence-corrected chi connectivity index (χ2v) is 4.76. The fraction of sp³-hybridized carbons (Fsp3) is 0.429. The summed E-state index contributed by atoms with van der Waals surface area (Å²) in [5.41, 5.74) is 0.800. The average Bonchev–Trinajstić information content (AvgIpc) is 2.39. The van der Waals surface area contributed by atoms with E-state index in [2.05, 4.69) is 0 Å². The Bertz CT molecular complexity index is 490. The molecule has 0 aromatic heterocycles. The van der Waals surface area contributed by atoms with Gasteiger partial charge in [-0.3, -0.25) is 9.59 Å². The number of halogens is 1. The first-order chi connectivity index (χ1) is 9.06. The Labute approximate surface area is 111 Å². The second-order valence-electron chi connectivity index (χ2n) is 4.76. The highest BCUT2D eigenvalue weighted by Crippen LogP contribution is 2.09. The lowest BCUT2D eigenvalue weighted by molar-refractivity contribution is -0.144. The quantitative estimate of drug-likeness (QED) is 0.819. The molecule has 2 rings (SSSR count). The SMILES string of the molecule is CN1CCN(C(=O)CCc2cccc(F)c2)CC1=O. The zero-order valence-corrected chi connectivity index (χ0v) is 10.9. The van der Waals surface area contributed by atoms with Gasteiger partial charge in [-0.05, 0) is 24.1 Å². The van der Waals surface area contributed by atoms with E-state index in [-0.39, 0.29) is 24.2 Å². The summed E-state index contributed by atoms with van der Waals surface area (Å²) in [4.78, 5) is 26.7. The van der Waals surface area contributed by atoms with E-state index >= 15 is 0 Å². The lowest BCUT2D eigenvalue weighted by Crippen LogP contribution is -2.50. The molecule has 0 unspecified atom stereocenters. The number of rotatable bonds is 3. The number of piperazine rings is 1. The van der Waals surface area contributed by atoms with E-state index in [1.54, 1.807) is 29.0 Å². The van der Waals surface area contributed by atoms with Crippen LogP contribution in [0.15, 0.2) is 24.3 Å². The first-order valence-corrected chi connectivity index (χ1v) is 6.32. The van der Waals surface area contributed by atoms with Gasteiger partial charge >= 0.3 is 0 Å². The van der Waals surface area contributed by atoms with E-state index in [4.69, 9.17) is 0 Å². The number of carbonyl (C=O) groups excluding carboxylic acids is 2. The van der Waals surface area contributed by atoms with Gasteiger partial charge in [0.25, 0.3) is 0 Å². The summed E-state index contributed by atoms with van der Waals surface area (Å²) < 4.78 is 13.0. The number of aryl methyl sites for hydroxylation is 1. The maximum absolute atomic E-state index is 13.0. The van der Waals surface area contributed by atoms with E-state index in [9.17, 15) is 14.0 Å². The summed E-state index contributed by atoms with van der Waals surface area (Å²) >= 11 is 0. The van der Waals surface area contributed by atoms with Gasteiger partial charge in [-0.1, -0.05) is 12.1 Å². The predicted octanol–water partition coefficient (Wildman–Crippen LogP) is 1.06. The first-order valence-electron chi connectivity index (χ1n) is 6.32. The Kier molecular flexibility index (Phi) is 4.14. The molecule has 2 amide bonds. The fourth-order valence-electron chi connectivity index (χ4n) is 2.07. The molecule has 0 atom stereocenters. The van der Waals surface area contributed by atoms with Crippen LogP contribution in [0.1, 0.15) is 12.0 Å². The number of likely N-dealkylation sites (N-methyl/N-ethyl adjacent to an activating group) is 1. The molecule has 5 heteroatoms. The fourth-order valence-corrected chi connectivity index (χ4v) is 2.07. The van der Waals surface area contributed by atoms with Crippen molar-refractivity contribution in [1.29, 1.82) is 0 Å². The Balaban J connectivity index is 1.86. The molecule has 0 radical (unpaired) electrons.